The Morgan fingerprint density at radius 3 is 3.04 bits per heavy atom. The summed E-state index contributed by atoms with van der Waals surface area (Å²) >= 11 is 1.37. The van der Waals surface area contributed by atoms with Crippen molar-refractivity contribution in [3.8, 4) is 6.07 Å². The largest absolute Gasteiger partial charge is 0.389 e. The third-order valence-electron chi connectivity index (χ3n) is 4.12. The van der Waals surface area contributed by atoms with Crippen molar-refractivity contribution in [2.24, 2.45) is 0 Å². The van der Waals surface area contributed by atoms with E-state index >= 15 is 0 Å². The molecule has 130 valence electrons. The molecule has 1 aliphatic heterocycles. The Labute approximate surface area is 150 Å². The van der Waals surface area contributed by atoms with Crippen LogP contribution >= 0.6 is 11.3 Å². The molecule has 7 heteroatoms. The number of aliphatic hydroxyl groups excluding tert-OH is 1. The van der Waals surface area contributed by atoms with Gasteiger partial charge < -0.3 is 20.5 Å². The van der Waals surface area contributed by atoms with E-state index in [1.807, 2.05) is 29.6 Å². The fourth-order valence-electron chi connectivity index (χ4n) is 2.73. The third-order valence-corrected chi connectivity index (χ3v) is 4.98. The van der Waals surface area contributed by atoms with Crippen LogP contribution in [0.5, 0.6) is 0 Å². The maximum absolute atomic E-state index is 11.9. The lowest BCUT2D eigenvalue weighted by molar-refractivity contribution is 0.0399. The molecule has 0 bridgehead atoms. The normalized spacial score (nSPS) is 22.5. The molecule has 1 aliphatic rings. The summed E-state index contributed by atoms with van der Waals surface area (Å²) < 4.78 is 5.60. The highest BCUT2D eigenvalue weighted by molar-refractivity contribution is 7.12. The van der Waals surface area contributed by atoms with Crippen LogP contribution in [0, 0.1) is 11.3 Å². The van der Waals surface area contributed by atoms with E-state index in [0.29, 0.717) is 23.6 Å². The maximum Gasteiger partial charge on any atom is 0.261 e. The smallest absolute Gasteiger partial charge is 0.261 e. The summed E-state index contributed by atoms with van der Waals surface area (Å²) in [4.78, 5) is 12.6. The zero-order valence-electron chi connectivity index (χ0n) is 13.5. The summed E-state index contributed by atoms with van der Waals surface area (Å²) in [6, 6.07) is 12.8. The fraction of sp³-hybridized carbons (Fsp3) is 0.333. The second-order valence-corrected chi connectivity index (χ2v) is 6.80. The standard InChI is InChI=1S/C18H19N3O3S/c19-8-12-3-1-4-13(7-12)9-20-14-11-24-15(17(14)22)10-21-18(23)16-5-2-6-25-16/h1-7,14-15,17,20,22H,9-11H2,(H,21,23). The van der Waals surface area contributed by atoms with Gasteiger partial charge in [0, 0.05) is 13.1 Å². The molecule has 1 fully saturated rings. The Balaban J connectivity index is 1.47. The van der Waals surface area contributed by atoms with Gasteiger partial charge in [-0.2, -0.15) is 5.26 Å². The van der Waals surface area contributed by atoms with Gasteiger partial charge in [0.1, 0.15) is 6.10 Å². The molecule has 1 amide bonds. The predicted octanol–water partition coefficient (Wildman–Crippen LogP) is 1.27. The number of carbonyl (C=O) groups is 1. The number of aliphatic hydroxyl groups is 1. The van der Waals surface area contributed by atoms with Gasteiger partial charge in [0.2, 0.25) is 0 Å². The summed E-state index contributed by atoms with van der Waals surface area (Å²) in [6.07, 6.45) is -1.14. The maximum atomic E-state index is 11.9. The van der Waals surface area contributed by atoms with E-state index in [4.69, 9.17) is 10.00 Å². The first-order valence-corrected chi connectivity index (χ1v) is 8.89. The third kappa shape index (κ3) is 4.44. The van der Waals surface area contributed by atoms with Crippen molar-refractivity contribution in [1.29, 1.82) is 5.26 Å². The summed E-state index contributed by atoms with van der Waals surface area (Å²) in [5.74, 6) is -0.157. The van der Waals surface area contributed by atoms with E-state index in [0.717, 1.165) is 5.56 Å². The highest BCUT2D eigenvalue weighted by atomic mass is 32.1. The highest BCUT2D eigenvalue weighted by Gasteiger charge is 2.35. The average molecular weight is 357 g/mol. The summed E-state index contributed by atoms with van der Waals surface area (Å²) in [7, 11) is 0. The minimum atomic E-state index is -0.706. The predicted molar refractivity (Wildman–Crippen MR) is 94.2 cm³/mol. The summed E-state index contributed by atoms with van der Waals surface area (Å²) in [5, 5.41) is 27.2. The van der Waals surface area contributed by atoms with Gasteiger partial charge in [0.15, 0.2) is 0 Å². The van der Waals surface area contributed by atoms with Gasteiger partial charge in [-0.05, 0) is 29.1 Å². The number of hydrogen-bond donors (Lipinski definition) is 3. The van der Waals surface area contributed by atoms with E-state index in [-0.39, 0.29) is 18.5 Å². The van der Waals surface area contributed by atoms with Crippen molar-refractivity contribution < 1.29 is 14.6 Å². The van der Waals surface area contributed by atoms with Gasteiger partial charge in [-0.1, -0.05) is 18.2 Å². The van der Waals surface area contributed by atoms with Crippen LogP contribution in [0.1, 0.15) is 20.8 Å². The molecule has 3 atom stereocenters. The number of benzene rings is 1. The van der Waals surface area contributed by atoms with Crippen molar-refractivity contribution in [3.63, 3.8) is 0 Å². The van der Waals surface area contributed by atoms with Gasteiger partial charge in [-0.15, -0.1) is 11.3 Å². The Hall–Kier alpha value is -2.24. The topological polar surface area (TPSA) is 94.4 Å². The lowest BCUT2D eigenvalue weighted by Crippen LogP contribution is -2.44. The Morgan fingerprint density at radius 2 is 2.28 bits per heavy atom. The first kappa shape index (κ1) is 17.6. The second kappa shape index (κ2) is 8.23. The molecule has 6 nitrogen and oxygen atoms in total. The van der Waals surface area contributed by atoms with Gasteiger partial charge >= 0.3 is 0 Å². The lowest BCUT2D eigenvalue weighted by atomic mass is 10.1. The van der Waals surface area contributed by atoms with Crippen LogP contribution in [0.25, 0.3) is 0 Å². The van der Waals surface area contributed by atoms with Crippen LogP contribution in [-0.2, 0) is 11.3 Å². The average Bonchev–Trinajstić information content (AvgIpc) is 3.29. The van der Waals surface area contributed by atoms with Crippen molar-refractivity contribution in [2.75, 3.05) is 13.2 Å². The SMILES string of the molecule is N#Cc1cccc(CNC2COC(CNC(=O)c3cccs3)C2O)c1. The van der Waals surface area contributed by atoms with E-state index in [1.165, 1.54) is 11.3 Å². The molecule has 2 aromatic rings. The van der Waals surface area contributed by atoms with E-state index in [9.17, 15) is 9.90 Å². The first-order valence-electron chi connectivity index (χ1n) is 8.01. The Kier molecular flexibility index (Phi) is 5.79. The van der Waals surface area contributed by atoms with E-state index in [2.05, 4.69) is 16.7 Å². The van der Waals surface area contributed by atoms with Crippen molar-refractivity contribution in [1.82, 2.24) is 10.6 Å². The molecule has 25 heavy (non-hydrogen) atoms. The molecule has 3 N–H and O–H groups in total. The zero-order chi connectivity index (χ0) is 17.6. The summed E-state index contributed by atoms with van der Waals surface area (Å²) in [6.45, 7) is 1.17. The number of nitrogens with zero attached hydrogens (tertiary/aromatic N) is 1. The van der Waals surface area contributed by atoms with Gasteiger partial charge in [-0.25, -0.2) is 0 Å². The van der Waals surface area contributed by atoms with Gasteiger partial charge in [0.25, 0.3) is 5.91 Å². The van der Waals surface area contributed by atoms with Gasteiger partial charge in [0.05, 0.1) is 35.3 Å². The molecule has 1 saturated heterocycles. The van der Waals surface area contributed by atoms with Crippen LogP contribution in [0.4, 0.5) is 0 Å². The molecule has 2 heterocycles. The number of amides is 1. The first-order chi connectivity index (χ1) is 12.2. The number of ether oxygens (including phenoxy) is 1. The lowest BCUT2D eigenvalue weighted by Gasteiger charge is -2.19. The molecule has 3 unspecified atom stereocenters. The Bertz CT molecular complexity index is 757. The van der Waals surface area contributed by atoms with Crippen LogP contribution in [0.15, 0.2) is 41.8 Å². The van der Waals surface area contributed by atoms with Crippen LogP contribution in [0.2, 0.25) is 0 Å². The van der Waals surface area contributed by atoms with Gasteiger partial charge in [-0.3, -0.25) is 4.79 Å². The molecule has 1 aromatic carbocycles. The fourth-order valence-corrected chi connectivity index (χ4v) is 3.37. The monoisotopic (exact) mass is 357 g/mol. The van der Waals surface area contributed by atoms with Crippen molar-refractivity contribution in [3.05, 3.63) is 57.8 Å². The second-order valence-electron chi connectivity index (χ2n) is 5.85. The highest BCUT2D eigenvalue weighted by Crippen LogP contribution is 2.15. The molecular weight excluding hydrogens is 338 g/mol. The minimum Gasteiger partial charge on any atom is -0.389 e. The van der Waals surface area contributed by atoms with E-state index < -0.39 is 12.2 Å². The number of carbonyl (C=O) groups excluding carboxylic acids is 1. The summed E-state index contributed by atoms with van der Waals surface area (Å²) in [5.41, 5.74) is 1.58. The zero-order valence-corrected chi connectivity index (χ0v) is 14.3. The quantitative estimate of drug-likeness (QED) is 0.724. The van der Waals surface area contributed by atoms with Crippen LogP contribution < -0.4 is 10.6 Å². The van der Waals surface area contributed by atoms with Crippen molar-refractivity contribution >= 4 is 17.2 Å². The van der Waals surface area contributed by atoms with Crippen LogP contribution in [-0.4, -0.2) is 42.4 Å². The Morgan fingerprint density at radius 1 is 1.40 bits per heavy atom. The minimum absolute atomic E-state index is 0.157. The molecule has 0 saturated carbocycles. The molecule has 1 aromatic heterocycles. The van der Waals surface area contributed by atoms with E-state index in [1.54, 1.807) is 12.1 Å². The molecule has 0 radical (unpaired) electrons. The number of nitriles is 1. The molecule has 0 spiro atoms. The van der Waals surface area contributed by atoms with Crippen LogP contribution in [0.3, 0.4) is 0 Å². The number of nitrogens with one attached hydrogen (secondary N) is 2. The van der Waals surface area contributed by atoms with Crippen molar-refractivity contribution in [2.45, 2.75) is 24.8 Å². The number of thiophene rings is 1. The molecular formula is C18H19N3O3S. The number of rotatable bonds is 6. The molecule has 3 rings (SSSR count). The number of hydrogen-bond acceptors (Lipinski definition) is 6. The molecule has 0 aliphatic carbocycles.